The molecule has 0 aliphatic carbocycles. The topological polar surface area (TPSA) is 32.3 Å². The normalized spacial score (nSPS) is 14.8. The van der Waals surface area contributed by atoms with Gasteiger partial charge in [-0.15, -0.1) is 11.8 Å². The molecule has 1 aliphatic rings. The number of anilines is 1. The zero-order valence-corrected chi connectivity index (χ0v) is 12.2. The van der Waals surface area contributed by atoms with Crippen LogP contribution in [0.2, 0.25) is 0 Å². The summed E-state index contributed by atoms with van der Waals surface area (Å²) in [5.74, 6) is 0.129. The molecule has 0 unspecified atom stereocenters. The molecule has 98 valence electrons. The van der Waals surface area contributed by atoms with Gasteiger partial charge in [-0.25, -0.2) is 0 Å². The molecule has 0 radical (unpaired) electrons. The van der Waals surface area contributed by atoms with Crippen LogP contribution in [-0.4, -0.2) is 24.4 Å². The second-order valence-corrected chi connectivity index (χ2v) is 6.77. The minimum Gasteiger partial charge on any atom is -0.312 e. The van der Waals surface area contributed by atoms with Crippen LogP contribution in [0.25, 0.3) is 0 Å². The maximum absolute atomic E-state index is 11.5. The Morgan fingerprint density at radius 1 is 1.44 bits per heavy atom. The molecule has 1 aliphatic heterocycles. The predicted octanol–water partition coefficient (Wildman–Crippen LogP) is 2.64. The van der Waals surface area contributed by atoms with Crippen LogP contribution in [0.1, 0.15) is 26.3 Å². The van der Waals surface area contributed by atoms with Crippen LogP contribution in [0, 0.1) is 0 Å². The second kappa shape index (κ2) is 4.94. The van der Waals surface area contributed by atoms with Crippen LogP contribution in [0.4, 0.5) is 5.69 Å². The number of carbonyl (C=O) groups is 1. The van der Waals surface area contributed by atoms with Crippen LogP contribution in [0.5, 0.6) is 0 Å². The first-order valence-electron chi connectivity index (χ1n) is 6.22. The Bertz CT molecular complexity index is 471. The molecule has 1 amide bonds. The molecule has 0 atom stereocenters. The van der Waals surface area contributed by atoms with Crippen molar-refractivity contribution in [3.8, 4) is 0 Å². The van der Waals surface area contributed by atoms with Crippen molar-refractivity contribution in [3.63, 3.8) is 0 Å². The predicted molar refractivity (Wildman–Crippen MR) is 77.2 cm³/mol. The molecule has 0 fully saturated rings. The summed E-state index contributed by atoms with van der Waals surface area (Å²) in [4.78, 5) is 14.6. The zero-order chi connectivity index (χ0) is 13.3. The van der Waals surface area contributed by atoms with Gasteiger partial charge < -0.3 is 10.2 Å². The number of amides is 1. The van der Waals surface area contributed by atoms with E-state index < -0.39 is 0 Å². The smallest absolute Gasteiger partial charge is 0.223 e. The van der Waals surface area contributed by atoms with E-state index in [1.165, 1.54) is 10.5 Å². The Labute approximate surface area is 113 Å². The van der Waals surface area contributed by atoms with Gasteiger partial charge in [-0.3, -0.25) is 4.79 Å². The first-order chi connectivity index (χ1) is 8.43. The number of benzene rings is 1. The fourth-order valence-electron chi connectivity index (χ4n) is 2.11. The fourth-order valence-corrected chi connectivity index (χ4v) is 3.14. The molecule has 1 N–H and O–H groups in total. The number of nitrogens with zero attached hydrogens (tertiary/aromatic N) is 1. The standard InChI is InChI=1S/C14H20N2OS/c1-10(17)16-8-7-11-9-12(5-6-13(11)16)18-14(2,3)15-4/h5-6,9,15H,7-8H2,1-4H3. The van der Waals surface area contributed by atoms with Crippen molar-refractivity contribution < 1.29 is 4.79 Å². The zero-order valence-electron chi connectivity index (χ0n) is 11.4. The van der Waals surface area contributed by atoms with Crippen molar-refractivity contribution in [2.24, 2.45) is 0 Å². The lowest BCUT2D eigenvalue weighted by Gasteiger charge is -2.23. The lowest BCUT2D eigenvalue weighted by molar-refractivity contribution is -0.116. The Hall–Kier alpha value is -1.00. The summed E-state index contributed by atoms with van der Waals surface area (Å²) in [5.41, 5.74) is 2.36. The lowest BCUT2D eigenvalue weighted by atomic mass is 10.2. The molecule has 0 saturated heterocycles. The second-order valence-electron chi connectivity index (χ2n) is 5.07. The van der Waals surface area contributed by atoms with Crippen LogP contribution in [-0.2, 0) is 11.2 Å². The summed E-state index contributed by atoms with van der Waals surface area (Å²) in [6.07, 6.45) is 0.962. The summed E-state index contributed by atoms with van der Waals surface area (Å²) >= 11 is 1.81. The van der Waals surface area contributed by atoms with E-state index in [2.05, 4.69) is 37.4 Å². The van der Waals surface area contributed by atoms with Crippen molar-refractivity contribution in [3.05, 3.63) is 23.8 Å². The molecule has 0 spiro atoms. The summed E-state index contributed by atoms with van der Waals surface area (Å²) in [6.45, 7) is 6.76. The van der Waals surface area contributed by atoms with Crippen LogP contribution < -0.4 is 10.2 Å². The average molecular weight is 264 g/mol. The number of thioether (sulfide) groups is 1. The van der Waals surface area contributed by atoms with E-state index in [4.69, 9.17) is 0 Å². The van der Waals surface area contributed by atoms with E-state index in [9.17, 15) is 4.79 Å². The van der Waals surface area contributed by atoms with Gasteiger partial charge in [-0.2, -0.15) is 0 Å². The van der Waals surface area contributed by atoms with Gasteiger partial charge in [-0.05, 0) is 51.1 Å². The molecule has 2 rings (SSSR count). The van der Waals surface area contributed by atoms with Gasteiger partial charge >= 0.3 is 0 Å². The van der Waals surface area contributed by atoms with Crippen molar-refractivity contribution in [2.45, 2.75) is 37.0 Å². The molecular formula is C14H20N2OS. The molecule has 4 heteroatoms. The first-order valence-corrected chi connectivity index (χ1v) is 7.03. The van der Waals surface area contributed by atoms with E-state index in [1.807, 2.05) is 11.9 Å². The van der Waals surface area contributed by atoms with Crippen molar-refractivity contribution in [1.82, 2.24) is 5.32 Å². The minimum atomic E-state index is 0.0209. The molecule has 18 heavy (non-hydrogen) atoms. The molecule has 0 bridgehead atoms. The van der Waals surface area contributed by atoms with Gasteiger partial charge in [0.1, 0.15) is 0 Å². The maximum Gasteiger partial charge on any atom is 0.223 e. The first kappa shape index (κ1) is 13.4. The van der Waals surface area contributed by atoms with E-state index in [0.29, 0.717) is 0 Å². The molecule has 1 aromatic rings. The van der Waals surface area contributed by atoms with E-state index in [1.54, 1.807) is 18.7 Å². The third-order valence-electron chi connectivity index (χ3n) is 3.30. The molecular weight excluding hydrogens is 244 g/mol. The van der Waals surface area contributed by atoms with Crippen LogP contribution >= 0.6 is 11.8 Å². The number of carbonyl (C=O) groups excluding carboxylic acids is 1. The largest absolute Gasteiger partial charge is 0.312 e. The van der Waals surface area contributed by atoms with Crippen molar-refractivity contribution in [2.75, 3.05) is 18.5 Å². The van der Waals surface area contributed by atoms with Gasteiger partial charge in [0.25, 0.3) is 0 Å². The van der Waals surface area contributed by atoms with E-state index in [0.717, 1.165) is 18.7 Å². The van der Waals surface area contributed by atoms with Crippen LogP contribution in [0.15, 0.2) is 23.1 Å². The highest BCUT2D eigenvalue weighted by Gasteiger charge is 2.23. The van der Waals surface area contributed by atoms with Gasteiger partial charge in [0.2, 0.25) is 5.91 Å². The SMILES string of the molecule is CNC(C)(C)Sc1ccc2c(c1)CCN2C(C)=O. The maximum atomic E-state index is 11.5. The number of hydrogen-bond acceptors (Lipinski definition) is 3. The molecule has 0 saturated carbocycles. The summed E-state index contributed by atoms with van der Waals surface area (Å²) in [7, 11) is 1.97. The third-order valence-corrected chi connectivity index (χ3v) is 4.51. The van der Waals surface area contributed by atoms with Gasteiger partial charge in [-0.1, -0.05) is 0 Å². The van der Waals surface area contributed by atoms with Crippen molar-refractivity contribution in [1.29, 1.82) is 0 Å². The molecule has 0 aromatic heterocycles. The molecule has 1 aromatic carbocycles. The number of fused-ring (bicyclic) bond motifs is 1. The fraction of sp³-hybridized carbons (Fsp3) is 0.500. The highest BCUT2D eigenvalue weighted by Crippen LogP contribution is 2.35. The molecule has 1 heterocycles. The van der Waals surface area contributed by atoms with Crippen LogP contribution in [0.3, 0.4) is 0 Å². The summed E-state index contributed by atoms with van der Waals surface area (Å²) in [5, 5.41) is 3.28. The van der Waals surface area contributed by atoms with Gasteiger partial charge in [0, 0.05) is 24.1 Å². The monoisotopic (exact) mass is 264 g/mol. The Kier molecular flexibility index (Phi) is 3.69. The lowest BCUT2D eigenvalue weighted by Crippen LogP contribution is -2.31. The Balaban J connectivity index is 2.22. The van der Waals surface area contributed by atoms with E-state index in [-0.39, 0.29) is 10.8 Å². The van der Waals surface area contributed by atoms with Gasteiger partial charge in [0.15, 0.2) is 0 Å². The summed E-state index contributed by atoms with van der Waals surface area (Å²) in [6, 6.07) is 6.38. The highest BCUT2D eigenvalue weighted by molar-refractivity contribution is 8.00. The number of hydrogen-bond donors (Lipinski definition) is 1. The third kappa shape index (κ3) is 2.70. The van der Waals surface area contributed by atoms with Gasteiger partial charge in [0.05, 0.1) is 4.87 Å². The number of rotatable bonds is 3. The summed E-state index contributed by atoms with van der Waals surface area (Å²) < 4.78 is 0. The molecule has 3 nitrogen and oxygen atoms in total. The Morgan fingerprint density at radius 3 is 2.78 bits per heavy atom. The van der Waals surface area contributed by atoms with Crippen molar-refractivity contribution >= 4 is 23.4 Å². The highest BCUT2D eigenvalue weighted by atomic mass is 32.2. The average Bonchev–Trinajstić information content (AvgIpc) is 2.71. The van der Waals surface area contributed by atoms with E-state index >= 15 is 0 Å². The quantitative estimate of drug-likeness (QED) is 0.673. The number of nitrogens with one attached hydrogen (secondary N) is 1. The minimum absolute atomic E-state index is 0.0209. The Morgan fingerprint density at radius 2 is 2.17 bits per heavy atom.